The highest BCUT2D eigenvalue weighted by atomic mass is 16.2. The average Bonchev–Trinajstić information content (AvgIpc) is 2.36. The molecule has 3 nitrogen and oxygen atoms in total. The number of imide groups is 1. The van der Waals surface area contributed by atoms with Crippen molar-refractivity contribution in [3.05, 3.63) is 54.4 Å². The zero-order chi connectivity index (χ0) is 12.0. The van der Waals surface area contributed by atoms with Crippen molar-refractivity contribution in [3.63, 3.8) is 0 Å². The van der Waals surface area contributed by atoms with Crippen LogP contribution in [0.15, 0.2) is 36.4 Å². The molecule has 1 heterocycles. The maximum Gasteiger partial charge on any atom is 0.261 e. The lowest BCUT2D eigenvalue weighted by atomic mass is 9.94. The summed E-state index contributed by atoms with van der Waals surface area (Å²) in [5, 5.41) is 1.68. The fourth-order valence-electron chi connectivity index (χ4n) is 2.28. The van der Waals surface area contributed by atoms with E-state index in [1.807, 2.05) is 24.3 Å². The Morgan fingerprint density at radius 1 is 0.941 bits per heavy atom. The van der Waals surface area contributed by atoms with Crippen molar-refractivity contribution in [2.24, 2.45) is 0 Å². The number of hydrogen-bond acceptors (Lipinski definition) is 2. The van der Waals surface area contributed by atoms with Gasteiger partial charge in [0.2, 0.25) is 0 Å². The highest BCUT2D eigenvalue weighted by molar-refractivity contribution is 6.25. The van der Waals surface area contributed by atoms with Gasteiger partial charge in [-0.1, -0.05) is 24.3 Å². The lowest BCUT2D eigenvalue weighted by Gasteiger charge is -2.25. The van der Waals surface area contributed by atoms with Crippen LogP contribution in [-0.2, 0) is 0 Å². The van der Waals surface area contributed by atoms with E-state index >= 15 is 0 Å². The molecule has 0 aromatic heterocycles. The van der Waals surface area contributed by atoms with Crippen molar-refractivity contribution in [3.8, 4) is 0 Å². The van der Waals surface area contributed by atoms with E-state index in [0.717, 1.165) is 10.8 Å². The molecule has 83 valence electrons. The van der Waals surface area contributed by atoms with Crippen LogP contribution >= 0.6 is 0 Å². The van der Waals surface area contributed by atoms with Gasteiger partial charge in [-0.3, -0.25) is 14.5 Å². The van der Waals surface area contributed by atoms with Crippen molar-refractivity contribution in [1.29, 1.82) is 0 Å². The van der Waals surface area contributed by atoms with Crippen LogP contribution in [0.25, 0.3) is 10.8 Å². The molecule has 0 saturated heterocycles. The molecule has 0 atom stereocenters. The van der Waals surface area contributed by atoms with Crippen LogP contribution in [0.2, 0.25) is 0 Å². The van der Waals surface area contributed by atoms with Crippen LogP contribution < -0.4 is 0 Å². The predicted molar refractivity (Wildman–Crippen MR) is 64.7 cm³/mol. The number of benzene rings is 2. The molecule has 0 aliphatic carbocycles. The Labute approximate surface area is 98.6 Å². The second kappa shape index (κ2) is 3.42. The molecule has 0 bridgehead atoms. The van der Waals surface area contributed by atoms with Gasteiger partial charge in [-0.2, -0.15) is 0 Å². The largest absolute Gasteiger partial charge is 0.274 e. The van der Waals surface area contributed by atoms with E-state index in [1.54, 1.807) is 12.1 Å². The molecular weight excluding hydrogens is 214 g/mol. The van der Waals surface area contributed by atoms with E-state index in [0.29, 0.717) is 11.1 Å². The zero-order valence-corrected chi connectivity index (χ0v) is 9.14. The minimum Gasteiger partial charge on any atom is -0.274 e. The van der Waals surface area contributed by atoms with Gasteiger partial charge < -0.3 is 0 Å². The van der Waals surface area contributed by atoms with E-state index in [2.05, 4.69) is 6.92 Å². The summed E-state index contributed by atoms with van der Waals surface area (Å²) in [5.74, 6) is -0.511. The van der Waals surface area contributed by atoms with Gasteiger partial charge in [0, 0.05) is 23.1 Å². The summed E-state index contributed by atoms with van der Waals surface area (Å²) in [6, 6.07) is 11.0. The monoisotopic (exact) mass is 224 g/mol. The Bertz CT molecular complexity index is 595. The van der Waals surface area contributed by atoms with Crippen LogP contribution in [0.3, 0.4) is 0 Å². The zero-order valence-electron chi connectivity index (χ0n) is 9.14. The lowest BCUT2D eigenvalue weighted by molar-refractivity contribution is 0.0628. The van der Waals surface area contributed by atoms with E-state index in [1.165, 1.54) is 4.90 Å². The summed E-state index contributed by atoms with van der Waals surface area (Å²) in [6.07, 6.45) is 0. The Balaban J connectivity index is 2.43. The van der Waals surface area contributed by atoms with Gasteiger partial charge in [0.1, 0.15) is 0 Å². The number of hydrogen-bond donors (Lipinski definition) is 0. The van der Waals surface area contributed by atoms with E-state index < -0.39 is 0 Å². The second-order valence-corrected chi connectivity index (χ2v) is 3.97. The van der Waals surface area contributed by atoms with Crippen molar-refractivity contribution < 1.29 is 9.59 Å². The van der Waals surface area contributed by atoms with Gasteiger partial charge in [0.05, 0.1) is 0 Å². The topological polar surface area (TPSA) is 37.4 Å². The normalized spacial score (nSPS) is 14.5. The molecule has 0 fully saturated rings. The number of carbonyl (C=O) groups excluding carboxylic acids is 2. The summed E-state index contributed by atoms with van der Waals surface area (Å²) in [7, 11) is 0. The molecule has 1 aliphatic heterocycles. The second-order valence-electron chi connectivity index (χ2n) is 3.97. The quantitative estimate of drug-likeness (QED) is 0.697. The Morgan fingerprint density at radius 2 is 1.47 bits per heavy atom. The van der Waals surface area contributed by atoms with Gasteiger partial charge in [-0.05, 0) is 24.4 Å². The van der Waals surface area contributed by atoms with Crippen LogP contribution in [0, 0.1) is 6.92 Å². The molecule has 1 radical (unpaired) electrons. The van der Waals surface area contributed by atoms with Crippen LogP contribution in [-0.4, -0.2) is 23.3 Å². The molecule has 2 amide bonds. The molecular formula is C14H10NO2. The molecule has 0 spiro atoms. The molecule has 2 aromatic carbocycles. The van der Waals surface area contributed by atoms with Gasteiger partial charge >= 0.3 is 0 Å². The predicted octanol–water partition coefficient (Wildman–Crippen LogP) is 2.27. The van der Waals surface area contributed by atoms with Gasteiger partial charge in [-0.15, -0.1) is 0 Å². The molecule has 1 aliphatic rings. The Kier molecular flexibility index (Phi) is 2.01. The Morgan fingerprint density at radius 3 is 1.94 bits per heavy atom. The summed E-state index contributed by atoms with van der Waals surface area (Å²) in [4.78, 5) is 25.4. The van der Waals surface area contributed by atoms with Crippen molar-refractivity contribution in [1.82, 2.24) is 4.90 Å². The van der Waals surface area contributed by atoms with Crippen LogP contribution in [0.4, 0.5) is 0 Å². The summed E-state index contributed by atoms with van der Waals surface area (Å²) in [6.45, 7) is 3.79. The number of rotatable bonds is 1. The Hall–Kier alpha value is -2.16. The lowest BCUT2D eigenvalue weighted by Crippen LogP contribution is -2.40. The molecule has 2 aromatic rings. The third-order valence-corrected chi connectivity index (χ3v) is 3.08. The van der Waals surface area contributed by atoms with E-state index in [-0.39, 0.29) is 18.4 Å². The van der Waals surface area contributed by atoms with E-state index in [9.17, 15) is 9.59 Å². The highest BCUT2D eigenvalue weighted by Gasteiger charge is 2.31. The molecule has 0 unspecified atom stereocenters. The van der Waals surface area contributed by atoms with Gasteiger partial charge in [0.25, 0.3) is 11.8 Å². The first-order chi connectivity index (χ1) is 8.24. The molecule has 0 N–H and O–H groups in total. The summed E-state index contributed by atoms with van der Waals surface area (Å²) < 4.78 is 0. The molecule has 3 rings (SSSR count). The maximum atomic E-state index is 12.1. The molecule has 17 heavy (non-hydrogen) atoms. The van der Waals surface area contributed by atoms with Crippen molar-refractivity contribution >= 4 is 22.6 Å². The average molecular weight is 224 g/mol. The first-order valence-electron chi connectivity index (χ1n) is 5.41. The minimum absolute atomic E-state index is 0.155. The van der Waals surface area contributed by atoms with Crippen molar-refractivity contribution in [2.45, 2.75) is 0 Å². The highest BCUT2D eigenvalue weighted by Crippen LogP contribution is 2.29. The first-order valence-corrected chi connectivity index (χ1v) is 5.41. The molecule has 0 saturated carbocycles. The number of nitrogens with zero attached hydrogens (tertiary/aromatic N) is 1. The van der Waals surface area contributed by atoms with Gasteiger partial charge in [0.15, 0.2) is 0 Å². The third-order valence-electron chi connectivity index (χ3n) is 3.08. The standard InChI is InChI=1S/C14H10NO2/c1-2-15-13(16)10-7-3-5-9-6-4-8-11(12(9)10)14(15)17/h3-8H,1-2H2. The van der Waals surface area contributed by atoms with E-state index in [4.69, 9.17) is 0 Å². The molecule has 3 heteroatoms. The first kappa shape index (κ1) is 10.0. The van der Waals surface area contributed by atoms with Crippen molar-refractivity contribution in [2.75, 3.05) is 6.54 Å². The fourth-order valence-corrected chi connectivity index (χ4v) is 2.28. The van der Waals surface area contributed by atoms with Crippen LogP contribution in [0.5, 0.6) is 0 Å². The smallest absolute Gasteiger partial charge is 0.261 e. The number of amides is 2. The SMILES string of the molecule is [CH2]CN1C(=O)c2cccc3cccc(c23)C1=O. The summed E-state index contributed by atoms with van der Waals surface area (Å²) in [5.41, 5.74) is 1.17. The maximum absolute atomic E-state index is 12.1. The number of carbonyl (C=O) groups is 2. The van der Waals surface area contributed by atoms with Gasteiger partial charge in [-0.25, -0.2) is 0 Å². The van der Waals surface area contributed by atoms with Crippen LogP contribution in [0.1, 0.15) is 20.7 Å². The third kappa shape index (κ3) is 1.22. The fraction of sp³-hybridized carbons (Fsp3) is 0.0714. The minimum atomic E-state index is -0.255. The summed E-state index contributed by atoms with van der Waals surface area (Å²) >= 11 is 0.